The van der Waals surface area contributed by atoms with E-state index >= 15 is 0 Å². The molecule has 266 valence electrons. The van der Waals surface area contributed by atoms with Gasteiger partial charge in [0.15, 0.2) is 17.2 Å². The molecular formula is C38H42N6O7. The molecule has 2 heterocycles. The number of hydrogen-bond donors (Lipinski definition) is 5. The van der Waals surface area contributed by atoms with E-state index in [-0.39, 0.29) is 42.4 Å². The van der Waals surface area contributed by atoms with Crippen LogP contribution in [0.25, 0.3) is 0 Å². The van der Waals surface area contributed by atoms with Gasteiger partial charge in [-0.25, -0.2) is 4.79 Å². The Bertz CT molecular complexity index is 1900. The number of fused-ring (bicyclic) bond motifs is 2. The number of urea groups is 1. The number of nitrogens with zero attached hydrogens (tertiary/aromatic N) is 2. The molecule has 6 N–H and O–H groups in total. The molecule has 0 aromatic heterocycles. The Labute approximate surface area is 296 Å². The lowest BCUT2D eigenvalue weighted by molar-refractivity contribution is 0.0343. The summed E-state index contributed by atoms with van der Waals surface area (Å²) in [5.74, 6) is 0.667. The predicted octanol–water partition coefficient (Wildman–Crippen LogP) is 5.25. The highest BCUT2D eigenvalue weighted by atomic mass is 16.7. The van der Waals surface area contributed by atoms with Crippen LogP contribution >= 0.6 is 0 Å². The minimum absolute atomic E-state index is 0.115. The molecule has 0 aliphatic carbocycles. The monoisotopic (exact) mass is 694 g/mol. The zero-order valence-corrected chi connectivity index (χ0v) is 28.7. The van der Waals surface area contributed by atoms with Crippen LogP contribution < -0.4 is 35.9 Å². The maximum atomic E-state index is 13.9. The summed E-state index contributed by atoms with van der Waals surface area (Å²) in [5, 5.41) is 18.5. The number of amides is 4. The molecule has 0 bridgehead atoms. The van der Waals surface area contributed by atoms with E-state index in [0.717, 1.165) is 5.56 Å². The first-order chi connectivity index (χ1) is 24.6. The maximum absolute atomic E-state index is 13.9. The Morgan fingerprint density at radius 3 is 2.47 bits per heavy atom. The quantitative estimate of drug-likeness (QED) is 0.139. The van der Waals surface area contributed by atoms with Gasteiger partial charge < -0.3 is 45.9 Å². The van der Waals surface area contributed by atoms with Crippen molar-refractivity contribution in [2.45, 2.75) is 32.5 Å². The minimum atomic E-state index is -0.535. The van der Waals surface area contributed by atoms with Crippen molar-refractivity contribution in [3.8, 4) is 17.2 Å². The summed E-state index contributed by atoms with van der Waals surface area (Å²) in [6, 6.07) is 23.6. The number of nitrogen functional groups attached to an aromatic ring is 1. The van der Waals surface area contributed by atoms with Crippen LogP contribution in [0.4, 0.5) is 27.5 Å². The van der Waals surface area contributed by atoms with E-state index in [9.17, 15) is 19.5 Å². The number of hydrogen-bond acceptors (Lipinski definition) is 9. The molecule has 6 rings (SSSR count). The molecular weight excluding hydrogens is 652 g/mol. The van der Waals surface area contributed by atoms with Crippen molar-refractivity contribution in [3.63, 3.8) is 0 Å². The van der Waals surface area contributed by atoms with Gasteiger partial charge >= 0.3 is 6.03 Å². The van der Waals surface area contributed by atoms with Gasteiger partial charge in [0.2, 0.25) is 6.79 Å². The van der Waals surface area contributed by atoms with Gasteiger partial charge in [0.25, 0.3) is 11.8 Å². The van der Waals surface area contributed by atoms with Crippen molar-refractivity contribution in [3.05, 3.63) is 102 Å². The van der Waals surface area contributed by atoms with E-state index in [1.165, 1.54) is 0 Å². The Morgan fingerprint density at radius 2 is 1.71 bits per heavy atom. The van der Waals surface area contributed by atoms with Gasteiger partial charge in [0.05, 0.1) is 35.3 Å². The summed E-state index contributed by atoms with van der Waals surface area (Å²) in [6.07, 6.45) is -0.406. The lowest BCUT2D eigenvalue weighted by Gasteiger charge is -2.38. The van der Waals surface area contributed by atoms with E-state index in [0.29, 0.717) is 59.4 Å². The van der Waals surface area contributed by atoms with E-state index < -0.39 is 18.2 Å². The SMILES string of the molecule is C[C@@H]1CN([C@@H](C)CO)C(=O)c2cccc(NC(=O)Nc3ccc4c(c3)OCO4)c2O[C@H]1CN(C)Cc1ccc(C(=O)Nc2ccccc2N)cc1. The Balaban J connectivity index is 1.18. The van der Waals surface area contributed by atoms with Crippen molar-refractivity contribution < 1.29 is 33.7 Å². The molecule has 0 spiro atoms. The summed E-state index contributed by atoms with van der Waals surface area (Å²) in [4.78, 5) is 43.7. The van der Waals surface area contributed by atoms with E-state index in [2.05, 4.69) is 20.9 Å². The average Bonchev–Trinajstić information content (AvgIpc) is 3.59. The third-order valence-corrected chi connectivity index (χ3v) is 8.94. The van der Waals surface area contributed by atoms with Crippen molar-refractivity contribution in [1.82, 2.24) is 9.80 Å². The van der Waals surface area contributed by atoms with Crippen molar-refractivity contribution >= 4 is 40.6 Å². The van der Waals surface area contributed by atoms with Crippen molar-refractivity contribution in [2.24, 2.45) is 5.92 Å². The number of aliphatic hydroxyl groups is 1. The van der Waals surface area contributed by atoms with E-state index in [1.807, 2.05) is 32.2 Å². The van der Waals surface area contributed by atoms with Crippen LogP contribution in [0, 0.1) is 5.92 Å². The lowest BCUT2D eigenvalue weighted by Crippen LogP contribution is -2.49. The molecule has 13 nitrogen and oxygen atoms in total. The molecule has 3 atom stereocenters. The molecule has 0 fully saturated rings. The van der Waals surface area contributed by atoms with Gasteiger partial charge in [-0.1, -0.05) is 37.3 Å². The number of rotatable bonds is 10. The zero-order valence-electron chi connectivity index (χ0n) is 28.7. The molecule has 4 aromatic rings. The van der Waals surface area contributed by atoms with Gasteiger partial charge in [-0.3, -0.25) is 14.5 Å². The molecule has 0 saturated heterocycles. The molecule has 0 saturated carbocycles. The first kappa shape index (κ1) is 35.1. The molecule has 4 aromatic carbocycles. The number of benzene rings is 4. The molecule has 0 unspecified atom stereocenters. The second-order valence-electron chi connectivity index (χ2n) is 12.9. The van der Waals surface area contributed by atoms with Gasteiger partial charge in [0, 0.05) is 42.9 Å². The first-order valence-electron chi connectivity index (χ1n) is 16.7. The number of para-hydroxylation sites is 3. The third-order valence-electron chi connectivity index (χ3n) is 8.94. The fourth-order valence-electron chi connectivity index (χ4n) is 6.07. The molecule has 2 aliphatic rings. The molecule has 0 radical (unpaired) electrons. The number of likely N-dealkylation sites (N-methyl/N-ethyl adjacent to an activating group) is 1. The topological polar surface area (TPSA) is 168 Å². The van der Waals surface area contributed by atoms with Gasteiger partial charge in [-0.2, -0.15) is 0 Å². The fraction of sp³-hybridized carbons (Fsp3) is 0.289. The van der Waals surface area contributed by atoms with Crippen molar-refractivity contribution in [2.75, 3.05) is 55.2 Å². The molecule has 2 aliphatic heterocycles. The fourth-order valence-corrected chi connectivity index (χ4v) is 6.07. The first-order valence-corrected chi connectivity index (χ1v) is 16.7. The summed E-state index contributed by atoms with van der Waals surface area (Å²) >= 11 is 0. The molecule has 4 amide bonds. The standard InChI is InChI=1S/C38H42N6O7/c1-23-18-44(24(2)21-45)37(47)28-7-6-10-31(42-38(48)40-27-15-16-32-33(17-27)50-22-49-32)35(28)51-34(23)20-43(3)19-25-11-13-26(14-12-25)36(46)41-30-9-5-4-8-29(30)39/h4-17,23-24,34,45H,18-22,39H2,1-3H3,(H,41,46)(H2,40,42,48)/t23-,24+,34+/m1/s1. The Morgan fingerprint density at radius 1 is 0.961 bits per heavy atom. The molecule has 13 heteroatoms. The minimum Gasteiger partial charge on any atom is -0.486 e. The number of nitrogens with one attached hydrogen (secondary N) is 3. The van der Waals surface area contributed by atoms with Crippen LogP contribution in [0.15, 0.2) is 84.9 Å². The predicted molar refractivity (Wildman–Crippen MR) is 194 cm³/mol. The van der Waals surface area contributed by atoms with Crippen LogP contribution in [0.1, 0.15) is 40.1 Å². The second-order valence-corrected chi connectivity index (χ2v) is 12.9. The highest BCUT2D eigenvalue weighted by Gasteiger charge is 2.34. The number of aliphatic hydroxyl groups excluding tert-OH is 1. The summed E-state index contributed by atoms with van der Waals surface area (Å²) in [6.45, 7) is 5.10. The Kier molecular flexibility index (Phi) is 10.6. The Hall–Kier alpha value is -5.79. The third kappa shape index (κ3) is 8.17. The van der Waals surface area contributed by atoms with Gasteiger partial charge in [-0.05, 0) is 68.1 Å². The smallest absolute Gasteiger partial charge is 0.323 e. The van der Waals surface area contributed by atoms with Gasteiger partial charge in [0.1, 0.15) is 6.10 Å². The molecule has 51 heavy (non-hydrogen) atoms. The highest BCUT2D eigenvalue weighted by molar-refractivity contribution is 6.06. The van der Waals surface area contributed by atoms with Crippen LogP contribution in [-0.4, -0.2) is 78.4 Å². The largest absolute Gasteiger partial charge is 0.486 e. The zero-order chi connectivity index (χ0) is 36.1. The summed E-state index contributed by atoms with van der Waals surface area (Å²) in [7, 11) is 1.97. The highest BCUT2D eigenvalue weighted by Crippen LogP contribution is 2.36. The number of nitrogens with two attached hydrogens (primary N) is 1. The summed E-state index contributed by atoms with van der Waals surface area (Å²) < 4.78 is 17.4. The number of carbonyl (C=O) groups excluding carboxylic acids is 3. The van der Waals surface area contributed by atoms with E-state index in [1.54, 1.807) is 78.6 Å². The average molecular weight is 695 g/mol. The van der Waals surface area contributed by atoms with Crippen molar-refractivity contribution in [1.29, 1.82) is 0 Å². The summed E-state index contributed by atoms with van der Waals surface area (Å²) in [5.41, 5.74) is 9.61. The normalized spacial score (nSPS) is 17.1. The van der Waals surface area contributed by atoms with E-state index in [4.69, 9.17) is 19.9 Å². The number of anilines is 4. The second kappa shape index (κ2) is 15.4. The number of ether oxygens (including phenoxy) is 3. The van der Waals surface area contributed by atoms with Gasteiger partial charge in [-0.15, -0.1) is 0 Å². The van der Waals surface area contributed by atoms with Crippen LogP contribution in [0.5, 0.6) is 17.2 Å². The van der Waals surface area contributed by atoms with Crippen LogP contribution in [0.3, 0.4) is 0 Å². The lowest BCUT2D eigenvalue weighted by atomic mass is 9.98. The number of carbonyl (C=O) groups is 3. The van der Waals surface area contributed by atoms with Crippen LogP contribution in [0.2, 0.25) is 0 Å². The van der Waals surface area contributed by atoms with Crippen LogP contribution in [-0.2, 0) is 6.54 Å². The maximum Gasteiger partial charge on any atom is 0.323 e.